The highest BCUT2D eigenvalue weighted by Crippen LogP contribution is 2.53. The number of hydrogen-bond donors (Lipinski definition) is 4. The Balaban J connectivity index is 1.51. The first kappa shape index (κ1) is 26.7. The van der Waals surface area contributed by atoms with Gasteiger partial charge >= 0.3 is 11.5 Å². The van der Waals surface area contributed by atoms with E-state index in [1.54, 1.807) is 0 Å². The van der Waals surface area contributed by atoms with Gasteiger partial charge in [0.25, 0.3) is 12.1 Å². The molecular weight excluding hydrogens is 494 g/mol. The molecule has 1 aliphatic heterocycles. The van der Waals surface area contributed by atoms with E-state index in [1.165, 1.54) is 0 Å². The zero-order valence-corrected chi connectivity index (χ0v) is 22.8. The third-order valence-electron chi connectivity index (χ3n) is 9.18. The number of rotatable bonds is 7. The molecule has 3 heterocycles. The fraction of sp³-hybridized carbons (Fsp3) is 0.433. The molecule has 2 aromatic heterocycles. The lowest BCUT2D eigenvalue weighted by atomic mass is 9.60. The molecule has 9 nitrogen and oxygen atoms in total. The summed E-state index contributed by atoms with van der Waals surface area (Å²) in [4.78, 5) is 33.6. The summed E-state index contributed by atoms with van der Waals surface area (Å²) in [5, 5.41) is 24.4. The minimum absolute atomic E-state index is 0.237. The molecule has 3 atom stereocenters. The fourth-order valence-electron chi connectivity index (χ4n) is 7.19. The van der Waals surface area contributed by atoms with E-state index < -0.39 is 22.8 Å². The second kappa shape index (κ2) is 9.70. The highest BCUT2D eigenvalue weighted by Gasteiger charge is 2.68. The number of nitrogens with zero attached hydrogens (tertiary/aromatic N) is 3. The van der Waals surface area contributed by atoms with Crippen molar-refractivity contribution in [3.8, 4) is 23.6 Å². The van der Waals surface area contributed by atoms with Gasteiger partial charge in [0.15, 0.2) is 5.56 Å². The number of fused-ring (bicyclic) bond motifs is 2. The molecule has 2 fully saturated rings. The molecule has 204 valence electrons. The molecule has 5 rings (SSSR count). The van der Waals surface area contributed by atoms with Crippen molar-refractivity contribution in [2.45, 2.75) is 50.7 Å². The molecule has 1 saturated heterocycles. The number of pyridine rings is 1. The first-order chi connectivity index (χ1) is 18.6. The average Bonchev–Trinajstić information content (AvgIpc) is 3.42. The number of aromatic carboxylic acids is 1. The summed E-state index contributed by atoms with van der Waals surface area (Å²) in [6.45, 7) is 14.4. The van der Waals surface area contributed by atoms with Gasteiger partial charge < -0.3 is 25.1 Å². The van der Waals surface area contributed by atoms with E-state index >= 15 is 0 Å². The number of carboxylic acids is 1. The van der Waals surface area contributed by atoms with Crippen LogP contribution < -0.4 is 10.9 Å². The standard InChI is InChI=1S/C30H35N5O4/c1-6-21-25(33-27(37)24(26(21)36)28(38)39)18-10-11-22-19(13-18)14-20(34(22)5)15-35-16-29(7-2)23(31-3)9-8-12-30(29,17-35)32-4/h4,7,10-11,13-14,23,31H,2,6,8-9,12,15-17H2,1,3,5H3,(H2-,33,36,37,38,39)/p+1. The number of aryl methyl sites for hydroxylation is 1. The lowest BCUT2D eigenvalue weighted by Gasteiger charge is -2.42. The van der Waals surface area contributed by atoms with Crippen LogP contribution in [0.1, 0.15) is 47.8 Å². The minimum Gasteiger partial charge on any atom is -0.506 e. The number of carboxylic acid groups (broad SMARTS) is 1. The largest absolute Gasteiger partial charge is 0.506 e. The van der Waals surface area contributed by atoms with Crippen LogP contribution in [0.3, 0.4) is 0 Å². The van der Waals surface area contributed by atoms with Crippen LogP contribution in [0, 0.1) is 12.0 Å². The van der Waals surface area contributed by atoms with E-state index in [1.807, 2.05) is 39.2 Å². The van der Waals surface area contributed by atoms with Crippen molar-refractivity contribution < 1.29 is 15.0 Å². The van der Waals surface area contributed by atoms with Gasteiger partial charge in [-0.25, -0.2) is 4.79 Å². The van der Waals surface area contributed by atoms with E-state index in [4.69, 9.17) is 6.57 Å². The second-order valence-corrected chi connectivity index (χ2v) is 10.9. The molecule has 3 aromatic rings. The summed E-state index contributed by atoms with van der Waals surface area (Å²) >= 11 is 0. The quantitative estimate of drug-likeness (QED) is 0.344. The highest BCUT2D eigenvalue weighted by molar-refractivity contribution is 5.92. The number of carbonyl (C=O) groups is 1. The van der Waals surface area contributed by atoms with Crippen molar-refractivity contribution in [1.82, 2.24) is 19.8 Å². The number of H-pyrrole nitrogens is 1. The molecule has 0 radical (unpaired) electrons. The smallest absolute Gasteiger partial charge is 0.345 e. The van der Waals surface area contributed by atoms with Crippen LogP contribution in [0.4, 0.5) is 0 Å². The lowest BCUT2D eigenvalue weighted by Crippen LogP contribution is -2.58. The Labute approximate surface area is 227 Å². The van der Waals surface area contributed by atoms with Gasteiger partial charge in [-0.05, 0) is 50.1 Å². The topological polar surface area (TPSA) is 115 Å². The van der Waals surface area contributed by atoms with Gasteiger partial charge in [0.2, 0.25) is 0 Å². The predicted molar refractivity (Wildman–Crippen MR) is 153 cm³/mol. The molecule has 0 spiro atoms. The molecule has 39 heavy (non-hydrogen) atoms. The molecule has 1 aliphatic carbocycles. The Morgan fingerprint density at radius 1 is 1.36 bits per heavy atom. The Kier molecular flexibility index (Phi) is 6.65. The van der Waals surface area contributed by atoms with E-state index in [9.17, 15) is 19.8 Å². The van der Waals surface area contributed by atoms with E-state index in [0.29, 0.717) is 23.2 Å². The summed E-state index contributed by atoms with van der Waals surface area (Å²) in [5.41, 5.74) is 1.62. The third kappa shape index (κ3) is 3.89. The van der Waals surface area contributed by atoms with Crippen molar-refractivity contribution >= 4 is 16.9 Å². The van der Waals surface area contributed by atoms with Crippen molar-refractivity contribution in [2.75, 3.05) is 20.1 Å². The molecule has 0 bridgehead atoms. The van der Waals surface area contributed by atoms with Crippen LogP contribution in [0.15, 0.2) is 41.7 Å². The summed E-state index contributed by atoms with van der Waals surface area (Å²) in [6.07, 6.45) is 5.49. The van der Waals surface area contributed by atoms with Gasteiger partial charge in [-0.15, -0.1) is 6.58 Å². The highest BCUT2D eigenvalue weighted by atomic mass is 16.4. The molecule has 1 saturated carbocycles. The monoisotopic (exact) mass is 530 g/mol. The number of nitrogens with one attached hydrogen (secondary N) is 2. The van der Waals surface area contributed by atoms with E-state index in [0.717, 1.165) is 55.5 Å². The number of aromatic hydroxyl groups is 1. The van der Waals surface area contributed by atoms with Gasteiger partial charge in [0.05, 0.1) is 17.7 Å². The Morgan fingerprint density at radius 2 is 2.13 bits per heavy atom. The predicted octanol–water partition coefficient (Wildman–Crippen LogP) is 3.96. The van der Waals surface area contributed by atoms with Crippen molar-refractivity contribution in [3.05, 3.63) is 68.9 Å². The molecule has 4 N–H and O–H groups in total. The van der Waals surface area contributed by atoms with Crippen LogP contribution in [-0.2, 0) is 20.0 Å². The number of hydrogen-bond acceptors (Lipinski definition) is 5. The third-order valence-corrected chi connectivity index (χ3v) is 9.18. The zero-order chi connectivity index (χ0) is 28.1. The SMILES string of the molecule is C#[N+]C12CCCC(NC)C1(C=C)CN(Cc1cc3cc(-c4[nH]c(=O)c(C(=O)O)c(O)c4CC)ccc3n1C)C2. The maximum Gasteiger partial charge on any atom is 0.345 e. The average molecular weight is 531 g/mol. The Morgan fingerprint density at radius 3 is 2.77 bits per heavy atom. The number of aromatic amines is 1. The minimum atomic E-state index is -1.46. The summed E-state index contributed by atoms with van der Waals surface area (Å²) in [6, 6.07) is 8.23. The Hall–Kier alpha value is -3.87. The van der Waals surface area contributed by atoms with Gasteiger partial charge in [-0.2, -0.15) is 0 Å². The maximum absolute atomic E-state index is 12.5. The van der Waals surface area contributed by atoms with Crippen LogP contribution in [0.2, 0.25) is 0 Å². The van der Waals surface area contributed by atoms with Crippen LogP contribution in [0.5, 0.6) is 5.75 Å². The van der Waals surface area contributed by atoms with Crippen LogP contribution >= 0.6 is 0 Å². The number of aromatic nitrogens is 2. The summed E-state index contributed by atoms with van der Waals surface area (Å²) in [5.74, 6) is -1.94. The first-order valence-electron chi connectivity index (χ1n) is 13.4. The van der Waals surface area contributed by atoms with Gasteiger partial charge in [0, 0.05) is 54.8 Å². The van der Waals surface area contributed by atoms with Gasteiger partial charge in [0.1, 0.15) is 5.75 Å². The lowest BCUT2D eigenvalue weighted by molar-refractivity contribution is 0.0691. The zero-order valence-electron chi connectivity index (χ0n) is 22.8. The van der Waals surface area contributed by atoms with Gasteiger partial charge in [-0.1, -0.05) is 23.9 Å². The molecule has 1 aromatic carbocycles. The van der Waals surface area contributed by atoms with Crippen molar-refractivity contribution in [1.29, 1.82) is 0 Å². The van der Waals surface area contributed by atoms with Gasteiger partial charge in [-0.3, -0.25) is 9.69 Å². The van der Waals surface area contributed by atoms with E-state index in [-0.39, 0.29) is 17.0 Å². The van der Waals surface area contributed by atoms with Crippen molar-refractivity contribution in [3.63, 3.8) is 0 Å². The maximum atomic E-state index is 12.5. The summed E-state index contributed by atoms with van der Waals surface area (Å²) in [7, 11) is 4.04. The number of benzene rings is 1. The first-order valence-corrected chi connectivity index (χ1v) is 13.4. The van der Waals surface area contributed by atoms with Crippen LogP contribution in [0.25, 0.3) is 27.0 Å². The Bertz CT molecular complexity index is 1580. The normalized spacial score (nSPS) is 24.9. The molecule has 2 aliphatic rings. The molecule has 0 amide bonds. The van der Waals surface area contributed by atoms with Crippen molar-refractivity contribution in [2.24, 2.45) is 12.5 Å². The fourth-order valence-corrected chi connectivity index (χ4v) is 7.19. The molecule has 3 unspecified atom stereocenters. The molecular formula is C30H36N5O4+. The molecule has 9 heteroatoms. The number of likely N-dealkylation sites (tertiary alicyclic amines) is 1. The van der Waals surface area contributed by atoms with E-state index in [2.05, 4.69) is 43.3 Å². The second-order valence-electron chi connectivity index (χ2n) is 10.9. The van der Waals surface area contributed by atoms with Crippen LogP contribution in [-0.4, -0.2) is 62.4 Å². The summed E-state index contributed by atoms with van der Waals surface area (Å²) < 4.78 is 2.16.